The molecule has 2 aromatic carbocycles. The molecule has 4 nitrogen and oxygen atoms in total. The number of fused-ring (bicyclic) bond motifs is 1. The molecule has 0 fully saturated rings. The van der Waals surface area contributed by atoms with Gasteiger partial charge in [0.2, 0.25) is 5.89 Å². The SMILES string of the molecule is Cc1nc(COC(=O)CSc2cccc3cccc(Cl)c23)oc1C. The van der Waals surface area contributed by atoms with Gasteiger partial charge in [-0.3, -0.25) is 4.79 Å². The van der Waals surface area contributed by atoms with Gasteiger partial charge in [0.15, 0.2) is 6.61 Å². The molecule has 3 aromatic rings. The Kier molecular flexibility index (Phi) is 5.11. The van der Waals surface area contributed by atoms with Crippen molar-refractivity contribution in [3.63, 3.8) is 0 Å². The number of rotatable bonds is 5. The van der Waals surface area contributed by atoms with Gasteiger partial charge in [0, 0.05) is 15.3 Å². The van der Waals surface area contributed by atoms with E-state index in [2.05, 4.69) is 4.98 Å². The van der Waals surface area contributed by atoms with Crippen LogP contribution in [0.5, 0.6) is 0 Å². The third kappa shape index (κ3) is 3.74. The number of carbonyl (C=O) groups excluding carboxylic acids is 1. The number of halogens is 1. The molecule has 24 heavy (non-hydrogen) atoms. The summed E-state index contributed by atoms with van der Waals surface area (Å²) in [5, 5.41) is 2.68. The minimum atomic E-state index is -0.322. The number of benzene rings is 2. The van der Waals surface area contributed by atoms with Crippen LogP contribution >= 0.6 is 23.4 Å². The van der Waals surface area contributed by atoms with Gasteiger partial charge >= 0.3 is 5.97 Å². The van der Waals surface area contributed by atoms with Crippen LogP contribution in [0, 0.1) is 13.8 Å². The van der Waals surface area contributed by atoms with Crippen molar-refractivity contribution in [2.45, 2.75) is 25.3 Å². The molecule has 0 saturated carbocycles. The first-order chi connectivity index (χ1) is 11.5. The van der Waals surface area contributed by atoms with Crippen LogP contribution in [-0.4, -0.2) is 16.7 Å². The second kappa shape index (κ2) is 7.28. The number of carbonyl (C=O) groups is 1. The molecule has 0 amide bonds. The Morgan fingerprint density at radius 1 is 1.25 bits per heavy atom. The lowest BCUT2D eigenvalue weighted by Gasteiger charge is -2.07. The summed E-state index contributed by atoms with van der Waals surface area (Å²) < 4.78 is 10.6. The van der Waals surface area contributed by atoms with E-state index in [1.807, 2.05) is 50.2 Å². The summed E-state index contributed by atoms with van der Waals surface area (Å²) in [4.78, 5) is 17.1. The highest BCUT2D eigenvalue weighted by Crippen LogP contribution is 2.33. The molecule has 0 unspecified atom stereocenters. The Labute approximate surface area is 149 Å². The lowest BCUT2D eigenvalue weighted by atomic mass is 10.1. The standard InChI is InChI=1S/C18H16ClNO3S/c1-11-12(2)23-16(20-11)9-22-17(21)10-24-15-8-4-6-13-5-3-7-14(19)18(13)15/h3-8H,9-10H2,1-2H3. The number of oxazole rings is 1. The zero-order chi connectivity index (χ0) is 17.1. The van der Waals surface area contributed by atoms with Crippen molar-refractivity contribution >= 4 is 40.1 Å². The normalized spacial score (nSPS) is 11.0. The monoisotopic (exact) mass is 361 g/mol. The summed E-state index contributed by atoms with van der Waals surface area (Å²) in [5.41, 5.74) is 0.806. The largest absolute Gasteiger partial charge is 0.455 e. The van der Waals surface area contributed by atoms with Gasteiger partial charge in [0.1, 0.15) is 5.76 Å². The lowest BCUT2D eigenvalue weighted by molar-refractivity contribution is -0.142. The number of esters is 1. The molecule has 0 radical (unpaired) electrons. The van der Waals surface area contributed by atoms with Crippen LogP contribution in [0.15, 0.2) is 45.7 Å². The maximum atomic E-state index is 12.0. The Morgan fingerprint density at radius 2 is 2.00 bits per heavy atom. The molecule has 124 valence electrons. The van der Waals surface area contributed by atoms with Gasteiger partial charge < -0.3 is 9.15 Å². The van der Waals surface area contributed by atoms with Crippen LogP contribution in [0.3, 0.4) is 0 Å². The smallest absolute Gasteiger partial charge is 0.316 e. The Morgan fingerprint density at radius 3 is 2.71 bits per heavy atom. The van der Waals surface area contributed by atoms with E-state index in [0.717, 1.165) is 27.1 Å². The molecule has 0 saturated heterocycles. The minimum absolute atomic E-state index is 0.0460. The predicted molar refractivity (Wildman–Crippen MR) is 95.5 cm³/mol. The van der Waals surface area contributed by atoms with E-state index in [4.69, 9.17) is 20.8 Å². The second-order valence-electron chi connectivity index (χ2n) is 5.29. The molecule has 0 N–H and O–H groups in total. The third-order valence-electron chi connectivity index (χ3n) is 3.59. The fourth-order valence-corrected chi connectivity index (χ4v) is 3.55. The van der Waals surface area contributed by atoms with E-state index in [-0.39, 0.29) is 18.3 Å². The number of nitrogens with zero attached hydrogens (tertiary/aromatic N) is 1. The number of ether oxygens (including phenoxy) is 1. The Bertz CT molecular complexity index is 866. The highest BCUT2D eigenvalue weighted by Gasteiger charge is 2.11. The number of aromatic nitrogens is 1. The Hall–Kier alpha value is -1.98. The first kappa shape index (κ1) is 16.9. The number of thioether (sulfide) groups is 1. The van der Waals surface area contributed by atoms with Gasteiger partial charge in [-0.1, -0.05) is 35.9 Å². The van der Waals surface area contributed by atoms with Gasteiger partial charge in [-0.05, 0) is 31.4 Å². The zero-order valence-corrected chi connectivity index (χ0v) is 14.9. The molecule has 0 spiro atoms. The molecule has 0 atom stereocenters. The zero-order valence-electron chi connectivity index (χ0n) is 13.3. The van der Waals surface area contributed by atoms with Crippen LogP contribution in [0.25, 0.3) is 10.8 Å². The summed E-state index contributed by atoms with van der Waals surface area (Å²) in [7, 11) is 0. The van der Waals surface area contributed by atoms with Gasteiger partial charge in [-0.2, -0.15) is 0 Å². The average Bonchev–Trinajstić information content (AvgIpc) is 2.89. The van der Waals surface area contributed by atoms with E-state index in [1.54, 1.807) is 0 Å². The first-order valence-electron chi connectivity index (χ1n) is 7.43. The van der Waals surface area contributed by atoms with Gasteiger partial charge in [0.05, 0.1) is 11.4 Å². The number of hydrogen-bond acceptors (Lipinski definition) is 5. The van der Waals surface area contributed by atoms with Crippen molar-refractivity contribution in [2.75, 3.05) is 5.75 Å². The highest BCUT2D eigenvalue weighted by molar-refractivity contribution is 8.00. The van der Waals surface area contributed by atoms with Gasteiger partial charge in [-0.15, -0.1) is 11.8 Å². The van der Waals surface area contributed by atoms with Crippen LogP contribution in [0.2, 0.25) is 5.02 Å². The summed E-state index contributed by atoms with van der Waals surface area (Å²) in [5.74, 6) is 1.03. The molecule has 3 rings (SSSR count). The topological polar surface area (TPSA) is 52.3 Å². The number of hydrogen-bond donors (Lipinski definition) is 0. The maximum Gasteiger partial charge on any atom is 0.316 e. The molecule has 0 aliphatic heterocycles. The fraction of sp³-hybridized carbons (Fsp3) is 0.222. The molecular formula is C18H16ClNO3S. The fourth-order valence-electron chi connectivity index (χ4n) is 2.30. The average molecular weight is 362 g/mol. The van der Waals surface area contributed by atoms with Crippen molar-refractivity contribution in [3.8, 4) is 0 Å². The van der Waals surface area contributed by atoms with E-state index >= 15 is 0 Å². The first-order valence-corrected chi connectivity index (χ1v) is 8.79. The maximum absolute atomic E-state index is 12.0. The quantitative estimate of drug-likeness (QED) is 0.476. The van der Waals surface area contributed by atoms with Crippen LogP contribution < -0.4 is 0 Å². The molecular weight excluding hydrogens is 346 g/mol. The van der Waals surface area contributed by atoms with Crippen LogP contribution in [0.1, 0.15) is 17.3 Å². The molecule has 6 heteroatoms. The van der Waals surface area contributed by atoms with Crippen molar-refractivity contribution in [2.24, 2.45) is 0 Å². The highest BCUT2D eigenvalue weighted by atomic mass is 35.5. The van der Waals surface area contributed by atoms with Crippen molar-refractivity contribution in [1.82, 2.24) is 4.98 Å². The number of aryl methyl sites for hydroxylation is 2. The van der Waals surface area contributed by atoms with Crippen molar-refractivity contribution in [3.05, 3.63) is 58.8 Å². The van der Waals surface area contributed by atoms with Crippen molar-refractivity contribution in [1.29, 1.82) is 0 Å². The molecule has 0 bridgehead atoms. The van der Waals surface area contributed by atoms with E-state index in [0.29, 0.717) is 10.9 Å². The Balaban J connectivity index is 1.62. The van der Waals surface area contributed by atoms with Gasteiger partial charge in [0.25, 0.3) is 0 Å². The second-order valence-corrected chi connectivity index (χ2v) is 6.72. The summed E-state index contributed by atoms with van der Waals surface area (Å²) >= 11 is 7.69. The van der Waals surface area contributed by atoms with Gasteiger partial charge in [-0.25, -0.2) is 4.98 Å². The minimum Gasteiger partial charge on any atom is -0.455 e. The van der Waals surface area contributed by atoms with E-state index in [1.165, 1.54) is 11.8 Å². The van der Waals surface area contributed by atoms with E-state index in [9.17, 15) is 4.79 Å². The van der Waals surface area contributed by atoms with Crippen molar-refractivity contribution < 1.29 is 13.9 Å². The van der Waals surface area contributed by atoms with Crippen LogP contribution in [0.4, 0.5) is 0 Å². The summed E-state index contributed by atoms with van der Waals surface area (Å²) in [6.07, 6.45) is 0. The third-order valence-corrected chi connectivity index (χ3v) is 4.94. The molecule has 1 heterocycles. The summed E-state index contributed by atoms with van der Waals surface area (Å²) in [6, 6.07) is 11.7. The lowest BCUT2D eigenvalue weighted by Crippen LogP contribution is -2.07. The van der Waals surface area contributed by atoms with E-state index < -0.39 is 0 Å². The van der Waals surface area contributed by atoms with Crippen LogP contribution in [-0.2, 0) is 16.1 Å². The molecule has 0 aliphatic carbocycles. The molecule has 0 aliphatic rings. The summed E-state index contributed by atoms with van der Waals surface area (Å²) in [6.45, 7) is 3.72. The predicted octanol–water partition coefficient (Wildman–Crippen LogP) is 4.93. The molecule has 1 aromatic heterocycles.